The normalized spacial score (nSPS) is 19.5. The maximum atomic E-state index is 11.6. The number of alkyl halides is 3. The number of amides is 1. The molecule has 1 aliphatic carbocycles. The summed E-state index contributed by atoms with van der Waals surface area (Å²) >= 11 is 0. The van der Waals surface area contributed by atoms with E-state index >= 15 is 0 Å². The van der Waals surface area contributed by atoms with Gasteiger partial charge >= 0.3 is 12.1 Å². The average molecular weight is 178 g/mol. The molecule has 0 aromatic carbocycles. The zero-order valence-corrected chi connectivity index (χ0v) is 5.90. The number of rotatable bonds is 1. The number of hydrogen-bond acceptors (Lipinski definition) is 2. The molecule has 0 saturated heterocycles. The Bertz CT molecular complexity index is 248. The van der Waals surface area contributed by atoms with Crippen LogP contribution >= 0.6 is 0 Å². The van der Waals surface area contributed by atoms with Crippen molar-refractivity contribution in [3.05, 3.63) is 0 Å². The minimum atomic E-state index is -4.90. The Kier molecular flexibility index (Phi) is 1.75. The molecule has 1 saturated carbocycles. The quantitative estimate of drug-likeness (QED) is 0.643. The van der Waals surface area contributed by atoms with E-state index in [4.69, 9.17) is 5.26 Å². The largest absolute Gasteiger partial charge is 0.471 e. The second kappa shape index (κ2) is 2.37. The summed E-state index contributed by atoms with van der Waals surface area (Å²) in [6.07, 6.45) is -4.30. The van der Waals surface area contributed by atoms with Gasteiger partial charge in [0.05, 0.1) is 6.07 Å². The first-order chi connectivity index (χ1) is 5.40. The number of nitriles is 1. The average Bonchev–Trinajstić information content (AvgIpc) is 2.67. The van der Waals surface area contributed by atoms with Crippen LogP contribution in [0, 0.1) is 11.3 Å². The molecule has 6 heteroatoms. The molecule has 1 fully saturated rings. The predicted molar refractivity (Wildman–Crippen MR) is 31.8 cm³/mol. The van der Waals surface area contributed by atoms with Crippen LogP contribution in [0.5, 0.6) is 0 Å². The highest BCUT2D eigenvalue weighted by Gasteiger charge is 2.50. The van der Waals surface area contributed by atoms with Crippen molar-refractivity contribution in [1.82, 2.24) is 5.32 Å². The molecule has 0 spiro atoms. The zero-order valence-electron chi connectivity index (χ0n) is 5.90. The third-order valence-electron chi connectivity index (χ3n) is 1.57. The van der Waals surface area contributed by atoms with Crippen LogP contribution < -0.4 is 5.32 Å². The first-order valence-corrected chi connectivity index (χ1v) is 3.20. The Labute approximate surface area is 66.2 Å². The Hall–Kier alpha value is -1.25. The fourth-order valence-electron chi connectivity index (χ4n) is 0.678. The minimum Gasteiger partial charge on any atom is -0.330 e. The highest BCUT2D eigenvalue weighted by Crippen LogP contribution is 2.35. The maximum absolute atomic E-state index is 11.6. The molecule has 0 heterocycles. The fraction of sp³-hybridized carbons (Fsp3) is 0.667. The lowest BCUT2D eigenvalue weighted by molar-refractivity contribution is -0.174. The summed E-state index contributed by atoms with van der Waals surface area (Å²) < 4.78 is 34.9. The molecular weight excluding hydrogens is 173 g/mol. The monoisotopic (exact) mass is 178 g/mol. The maximum Gasteiger partial charge on any atom is 0.471 e. The summed E-state index contributed by atoms with van der Waals surface area (Å²) in [5.41, 5.74) is -1.24. The smallest absolute Gasteiger partial charge is 0.330 e. The number of nitrogens with zero attached hydrogens (tertiary/aromatic N) is 1. The van der Waals surface area contributed by atoms with Gasteiger partial charge in [-0.05, 0) is 12.8 Å². The molecule has 1 N–H and O–H groups in total. The lowest BCUT2D eigenvalue weighted by atomic mass is 10.3. The molecular formula is C6H5F3N2O. The van der Waals surface area contributed by atoms with Crippen LogP contribution in [0.25, 0.3) is 0 Å². The van der Waals surface area contributed by atoms with Gasteiger partial charge in [-0.2, -0.15) is 18.4 Å². The third-order valence-corrected chi connectivity index (χ3v) is 1.57. The number of halogens is 3. The molecule has 0 aromatic heterocycles. The van der Waals surface area contributed by atoms with Crippen molar-refractivity contribution in [1.29, 1.82) is 5.26 Å². The van der Waals surface area contributed by atoms with Crippen molar-refractivity contribution < 1.29 is 18.0 Å². The van der Waals surface area contributed by atoms with Crippen LogP contribution in [0.15, 0.2) is 0 Å². The molecule has 3 nitrogen and oxygen atoms in total. The Morgan fingerprint density at radius 3 is 2.25 bits per heavy atom. The lowest BCUT2D eigenvalue weighted by Crippen LogP contribution is -2.43. The van der Waals surface area contributed by atoms with E-state index in [1.54, 1.807) is 11.4 Å². The van der Waals surface area contributed by atoms with Crippen LogP contribution in [0.3, 0.4) is 0 Å². The van der Waals surface area contributed by atoms with Crippen molar-refractivity contribution in [3.8, 4) is 6.07 Å². The van der Waals surface area contributed by atoms with Gasteiger partial charge in [0.25, 0.3) is 0 Å². The number of nitrogens with one attached hydrogen (secondary N) is 1. The second-order valence-electron chi connectivity index (χ2n) is 2.65. The van der Waals surface area contributed by atoms with E-state index in [1.807, 2.05) is 0 Å². The molecule has 1 rings (SSSR count). The van der Waals surface area contributed by atoms with E-state index in [0.29, 0.717) is 12.8 Å². The van der Waals surface area contributed by atoms with Gasteiger partial charge in [-0.1, -0.05) is 0 Å². The van der Waals surface area contributed by atoms with Gasteiger partial charge in [0.1, 0.15) is 5.54 Å². The second-order valence-corrected chi connectivity index (χ2v) is 2.65. The van der Waals surface area contributed by atoms with Crippen molar-refractivity contribution in [3.63, 3.8) is 0 Å². The Balaban J connectivity index is 2.54. The van der Waals surface area contributed by atoms with Gasteiger partial charge in [-0.15, -0.1) is 0 Å². The highest BCUT2D eigenvalue weighted by molar-refractivity contribution is 5.83. The van der Waals surface area contributed by atoms with Crippen molar-refractivity contribution in [2.24, 2.45) is 0 Å². The molecule has 0 atom stereocenters. The molecule has 0 aliphatic heterocycles. The summed E-state index contributed by atoms with van der Waals surface area (Å²) in [6, 6.07) is 1.62. The van der Waals surface area contributed by atoms with Gasteiger partial charge in [0, 0.05) is 0 Å². The first kappa shape index (κ1) is 8.84. The molecule has 0 aromatic rings. The van der Waals surface area contributed by atoms with Crippen molar-refractivity contribution >= 4 is 5.91 Å². The van der Waals surface area contributed by atoms with Gasteiger partial charge in [-0.25, -0.2) is 0 Å². The summed E-state index contributed by atoms with van der Waals surface area (Å²) in [5.74, 6) is -2.04. The van der Waals surface area contributed by atoms with E-state index < -0.39 is 17.6 Å². The predicted octanol–water partition coefficient (Wildman–Crippen LogP) is 0.721. The molecule has 1 aliphatic rings. The summed E-state index contributed by atoms with van der Waals surface area (Å²) in [7, 11) is 0. The van der Waals surface area contributed by atoms with Gasteiger partial charge in [0.15, 0.2) is 0 Å². The Morgan fingerprint density at radius 1 is 1.50 bits per heavy atom. The molecule has 1 amide bonds. The van der Waals surface area contributed by atoms with E-state index in [-0.39, 0.29) is 0 Å². The van der Waals surface area contributed by atoms with E-state index in [9.17, 15) is 18.0 Å². The topological polar surface area (TPSA) is 52.9 Å². The van der Waals surface area contributed by atoms with Crippen LogP contribution in [0.1, 0.15) is 12.8 Å². The highest BCUT2D eigenvalue weighted by atomic mass is 19.4. The zero-order chi connectivity index (χ0) is 9.41. The molecule has 66 valence electrons. The summed E-state index contributed by atoms with van der Waals surface area (Å²) in [5, 5.41) is 9.97. The molecule has 0 bridgehead atoms. The summed E-state index contributed by atoms with van der Waals surface area (Å²) in [4.78, 5) is 10.3. The first-order valence-electron chi connectivity index (χ1n) is 3.20. The van der Waals surface area contributed by atoms with Crippen LogP contribution in [0.4, 0.5) is 13.2 Å². The fourth-order valence-corrected chi connectivity index (χ4v) is 0.678. The number of carbonyl (C=O) groups is 1. The van der Waals surface area contributed by atoms with Gasteiger partial charge in [0.2, 0.25) is 0 Å². The van der Waals surface area contributed by atoms with E-state index in [2.05, 4.69) is 0 Å². The van der Waals surface area contributed by atoms with E-state index in [0.717, 1.165) is 0 Å². The van der Waals surface area contributed by atoms with E-state index in [1.165, 1.54) is 0 Å². The van der Waals surface area contributed by atoms with Gasteiger partial charge < -0.3 is 5.32 Å². The van der Waals surface area contributed by atoms with Crippen molar-refractivity contribution in [2.45, 2.75) is 24.6 Å². The number of hydrogen-bond donors (Lipinski definition) is 1. The van der Waals surface area contributed by atoms with Crippen molar-refractivity contribution in [2.75, 3.05) is 0 Å². The summed E-state index contributed by atoms with van der Waals surface area (Å²) in [6.45, 7) is 0. The van der Waals surface area contributed by atoms with Gasteiger partial charge in [-0.3, -0.25) is 4.79 Å². The third kappa shape index (κ3) is 1.67. The van der Waals surface area contributed by atoms with Crippen LogP contribution in [-0.4, -0.2) is 17.6 Å². The molecule has 0 unspecified atom stereocenters. The standard InChI is InChI=1S/C6H5F3N2O/c7-6(8,9)4(12)11-5(3-10)1-2-5/h1-2H2,(H,11,12). The van der Waals surface area contributed by atoms with Crippen LogP contribution in [-0.2, 0) is 4.79 Å². The number of carbonyl (C=O) groups excluding carboxylic acids is 1. The molecule has 0 radical (unpaired) electrons. The SMILES string of the molecule is N#CC1(NC(=O)C(F)(F)F)CC1. The van der Waals surface area contributed by atoms with Crippen LogP contribution in [0.2, 0.25) is 0 Å². The lowest BCUT2D eigenvalue weighted by Gasteiger charge is -2.10. The molecule has 12 heavy (non-hydrogen) atoms. The Morgan fingerprint density at radius 2 is 2.00 bits per heavy atom. The minimum absolute atomic E-state index is 0.297.